The van der Waals surface area contributed by atoms with Crippen LogP contribution in [0.4, 0.5) is 0 Å². The van der Waals surface area contributed by atoms with Gasteiger partial charge < -0.3 is 10.1 Å². The Kier molecular flexibility index (Phi) is 9.93. The van der Waals surface area contributed by atoms with Crippen molar-refractivity contribution in [3.8, 4) is 5.75 Å². The van der Waals surface area contributed by atoms with E-state index in [-0.39, 0.29) is 24.8 Å². The summed E-state index contributed by atoms with van der Waals surface area (Å²) in [6.45, 7) is 7.11. The van der Waals surface area contributed by atoms with E-state index in [1.54, 1.807) is 0 Å². The minimum absolute atomic E-state index is 0. The molecular weight excluding hydrogens is 415 g/mol. The van der Waals surface area contributed by atoms with Crippen molar-refractivity contribution >= 4 is 35.6 Å². The summed E-state index contributed by atoms with van der Waals surface area (Å²) in [6, 6.07) is 23.9. The largest absolute Gasteiger partial charge is 0.489 e. The average Bonchev–Trinajstić information content (AvgIpc) is 3.21. The Morgan fingerprint density at radius 3 is 2.53 bits per heavy atom. The van der Waals surface area contributed by atoms with Gasteiger partial charge in [-0.25, -0.2) is 0 Å². The van der Waals surface area contributed by atoms with Gasteiger partial charge in [0.1, 0.15) is 12.4 Å². The highest BCUT2D eigenvalue weighted by Crippen LogP contribution is 2.29. The SMILES string of the molecule is CCN1CCCC1CNCc1c(OCc2ccccc2)ccc2ccccc12.Cl.Cl. The molecule has 0 aromatic heterocycles. The van der Waals surface area contributed by atoms with Crippen LogP contribution in [-0.4, -0.2) is 30.6 Å². The molecule has 1 heterocycles. The highest BCUT2D eigenvalue weighted by molar-refractivity contribution is 5.87. The first-order chi connectivity index (χ1) is 13.8. The van der Waals surface area contributed by atoms with E-state index < -0.39 is 0 Å². The zero-order valence-electron chi connectivity index (χ0n) is 17.5. The summed E-state index contributed by atoms with van der Waals surface area (Å²) in [6.07, 6.45) is 2.62. The number of likely N-dealkylation sites (tertiary alicyclic amines) is 1. The van der Waals surface area contributed by atoms with Crippen LogP contribution < -0.4 is 10.1 Å². The standard InChI is InChI=1S/C25H30N2O.2ClH/c1-2-27-16-8-12-22(27)17-26-18-24-23-13-7-6-11-21(23)14-15-25(24)28-19-20-9-4-3-5-10-20;;/h3-7,9-11,13-15,22,26H,2,8,12,16-19H2,1H3;2*1H. The van der Waals surface area contributed by atoms with Crippen LogP contribution in [0.25, 0.3) is 10.8 Å². The fraction of sp³-hybridized carbons (Fsp3) is 0.360. The molecule has 1 aliphatic rings. The summed E-state index contributed by atoms with van der Waals surface area (Å²) < 4.78 is 6.25. The molecule has 0 spiro atoms. The molecule has 3 aromatic rings. The lowest BCUT2D eigenvalue weighted by Gasteiger charge is -2.23. The second kappa shape index (κ2) is 12.2. The Hall–Kier alpha value is -1.78. The molecule has 1 saturated heterocycles. The zero-order chi connectivity index (χ0) is 19.2. The topological polar surface area (TPSA) is 24.5 Å². The van der Waals surface area contributed by atoms with E-state index >= 15 is 0 Å². The van der Waals surface area contributed by atoms with Crippen molar-refractivity contribution in [2.45, 2.75) is 39.0 Å². The number of hydrogen-bond donors (Lipinski definition) is 1. The van der Waals surface area contributed by atoms with Crippen LogP contribution in [0.2, 0.25) is 0 Å². The highest BCUT2D eigenvalue weighted by Gasteiger charge is 2.22. The van der Waals surface area contributed by atoms with Crippen LogP contribution in [0.3, 0.4) is 0 Å². The second-order valence-electron chi connectivity index (χ2n) is 7.59. The van der Waals surface area contributed by atoms with Gasteiger partial charge >= 0.3 is 0 Å². The number of hydrogen-bond acceptors (Lipinski definition) is 3. The Morgan fingerprint density at radius 1 is 0.967 bits per heavy atom. The Morgan fingerprint density at radius 2 is 1.73 bits per heavy atom. The molecule has 1 unspecified atom stereocenters. The molecular formula is C25H32Cl2N2O. The van der Waals surface area contributed by atoms with Crippen LogP contribution in [0.5, 0.6) is 5.75 Å². The third-order valence-electron chi connectivity index (χ3n) is 5.82. The first-order valence-electron chi connectivity index (χ1n) is 10.5. The summed E-state index contributed by atoms with van der Waals surface area (Å²) in [5.74, 6) is 0.980. The fourth-order valence-electron chi connectivity index (χ4n) is 4.28. The molecule has 1 aliphatic heterocycles. The van der Waals surface area contributed by atoms with Crippen LogP contribution in [0.15, 0.2) is 66.7 Å². The second-order valence-corrected chi connectivity index (χ2v) is 7.59. The molecule has 0 amide bonds. The van der Waals surface area contributed by atoms with E-state index in [4.69, 9.17) is 4.74 Å². The number of ether oxygens (including phenoxy) is 1. The maximum Gasteiger partial charge on any atom is 0.124 e. The molecule has 1 atom stereocenters. The summed E-state index contributed by atoms with van der Waals surface area (Å²) in [7, 11) is 0. The molecule has 162 valence electrons. The van der Waals surface area contributed by atoms with Crippen molar-refractivity contribution in [2.24, 2.45) is 0 Å². The highest BCUT2D eigenvalue weighted by atomic mass is 35.5. The van der Waals surface area contributed by atoms with Gasteiger partial charge in [-0.1, -0.05) is 67.6 Å². The van der Waals surface area contributed by atoms with Gasteiger partial charge in [-0.2, -0.15) is 0 Å². The number of likely N-dealkylation sites (N-methyl/N-ethyl adjacent to an activating group) is 1. The molecule has 0 aliphatic carbocycles. The van der Waals surface area contributed by atoms with Crippen LogP contribution in [0, 0.1) is 0 Å². The number of rotatable bonds is 8. The molecule has 5 heteroatoms. The number of fused-ring (bicyclic) bond motifs is 1. The van der Waals surface area contributed by atoms with Crippen molar-refractivity contribution in [2.75, 3.05) is 19.6 Å². The lowest BCUT2D eigenvalue weighted by Crippen LogP contribution is -2.37. The maximum absolute atomic E-state index is 6.25. The molecule has 4 rings (SSSR count). The molecule has 3 aromatic carbocycles. The van der Waals surface area contributed by atoms with E-state index in [0.29, 0.717) is 12.6 Å². The molecule has 1 N–H and O–H groups in total. The molecule has 3 nitrogen and oxygen atoms in total. The summed E-state index contributed by atoms with van der Waals surface area (Å²) in [4.78, 5) is 2.59. The van der Waals surface area contributed by atoms with E-state index in [9.17, 15) is 0 Å². The van der Waals surface area contributed by atoms with Gasteiger partial charge in [0.25, 0.3) is 0 Å². The predicted octanol–water partition coefficient (Wildman–Crippen LogP) is 5.84. The van der Waals surface area contributed by atoms with Gasteiger partial charge in [0, 0.05) is 24.7 Å². The lowest BCUT2D eigenvalue weighted by molar-refractivity contribution is 0.259. The lowest BCUT2D eigenvalue weighted by atomic mass is 10.0. The van der Waals surface area contributed by atoms with Crippen molar-refractivity contribution in [1.82, 2.24) is 10.2 Å². The number of nitrogens with one attached hydrogen (secondary N) is 1. The Bertz CT molecular complexity index is 904. The summed E-state index contributed by atoms with van der Waals surface area (Å²) >= 11 is 0. The Labute approximate surface area is 192 Å². The van der Waals surface area contributed by atoms with Crippen LogP contribution >= 0.6 is 24.8 Å². The molecule has 0 bridgehead atoms. The Balaban J connectivity index is 0.00000160. The van der Waals surface area contributed by atoms with Crippen molar-refractivity contribution in [1.29, 1.82) is 0 Å². The van der Waals surface area contributed by atoms with Gasteiger partial charge in [0.05, 0.1) is 0 Å². The van der Waals surface area contributed by atoms with E-state index in [1.807, 2.05) is 6.07 Å². The fourth-order valence-corrected chi connectivity index (χ4v) is 4.28. The average molecular weight is 447 g/mol. The quantitative estimate of drug-likeness (QED) is 0.470. The number of benzene rings is 3. The first kappa shape index (κ1) is 24.5. The van der Waals surface area contributed by atoms with Crippen LogP contribution in [0.1, 0.15) is 30.9 Å². The minimum Gasteiger partial charge on any atom is -0.489 e. The van der Waals surface area contributed by atoms with E-state index in [2.05, 4.69) is 77.8 Å². The normalized spacial score (nSPS) is 16.1. The third kappa shape index (κ3) is 5.89. The van der Waals surface area contributed by atoms with Crippen molar-refractivity contribution in [3.05, 3.63) is 77.9 Å². The summed E-state index contributed by atoms with van der Waals surface area (Å²) in [5, 5.41) is 6.26. The number of nitrogens with zero attached hydrogens (tertiary/aromatic N) is 1. The monoisotopic (exact) mass is 446 g/mol. The third-order valence-corrected chi connectivity index (χ3v) is 5.82. The van der Waals surface area contributed by atoms with Crippen molar-refractivity contribution < 1.29 is 4.74 Å². The molecule has 0 saturated carbocycles. The van der Waals surface area contributed by atoms with Gasteiger partial charge in [-0.15, -0.1) is 24.8 Å². The predicted molar refractivity (Wildman–Crippen MR) is 131 cm³/mol. The maximum atomic E-state index is 6.25. The van der Waals surface area contributed by atoms with Gasteiger partial charge in [0.2, 0.25) is 0 Å². The van der Waals surface area contributed by atoms with Gasteiger partial charge in [-0.05, 0) is 48.3 Å². The molecule has 30 heavy (non-hydrogen) atoms. The van der Waals surface area contributed by atoms with Crippen molar-refractivity contribution in [3.63, 3.8) is 0 Å². The minimum atomic E-state index is 0. The smallest absolute Gasteiger partial charge is 0.124 e. The van der Waals surface area contributed by atoms with Gasteiger partial charge in [0.15, 0.2) is 0 Å². The zero-order valence-corrected chi connectivity index (χ0v) is 19.2. The molecule has 1 fully saturated rings. The first-order valence-corrected chi connectivity index (χ1v) is 10.5. The van der Waals surface area contributed by atoms with E-state index in [0.717, 1.165) is 25.4 Å². The van der Waals surface area contributed by atoms with E-state index in [1.165, 1.54) is 41.3 Å². The van der Waals surface area contributed by atoms with Gasteiger partial charge in [-0.3, -0.25) is 4.90 Å². The molecule has 0 radical (unpaired) electrons. The van der Waals surface area contributed by atoms with Crippen LogP contribution in [-0.2, 0) is 13.2 Å². The number of halogens is 2. The summed E-state index contributed by atoms with van der Waals surface area (Å²) in [5.41, 5.74) is 2.45.